The van der Waals surface area contributed by atoms with Crippen LogP contribution in [-0.2, 0) is 11.2 Å². The number of carbonyl (C=O) groups is 2. The van der Waals surface area contributed by atoms with Crippen LogP contribution in [0.2, 0.25) is 0 Å². The van der Waals surface area contributed by atoms with E-state index in [4.69, 9.17) is 9.47 Å². The molecule has 2 amide bonds. The quantitative estimate of drug-likeness (QED) is 0.663. The summed E-state index contributed by atoms with van der Waals surface area (Å²) in [6, 6.07) is 11.5. The highest BCUT2D eigenvalue weighted by Gasteiger charge is 2.38. The molecule has 0 bridgehead atoms. The molecule has 0 aliphatic carbocycles. The lowest BCUT2D eigenvalue weighted by Crippen LogP contribution is -2.37. The third-order valence-corrected chi connectivity index (χ3v) is 5.67. The first-order valence-electron chi connectivity index (χ1n) is 10.00. The van der Waals surface area contributed by atoms with Crippen molar-refractivity contribution < 1.29 is 23.5 Å². The van der Waals surface area contributed by atoms with Gasteiger partial charge in [0.05, 0.1) is 37.0 Å². The Morgan fingerprint density at radius 1 is 1.07 bits per heavy atom. The highest BCUT2D eigenvalue weighted by Crippen LogP contribution is 2.29. The number of hydrogen-bond donors (Lipinski definition) is 0. The highest BCUT2D eigenvalue weighted by atomic mass is 19.1. The van der Waals surface area contributed by atoms with Crippen molar-refractivity contribution in [3.63, 3.8) is 0 Å². The van der Waals surface area contributed by atoms with Gasteiger partial charge >= 0.3 is 0 Å². The first kappa shape index (κ1) is 19.6. The van der Waals surface area contributed by atoms with Gasteiger partial charge in [0.1, 0.15) is 11.6 Å². The van der Waals surface area contributed by atoms with E-state index in [0.29, 0.717) is 29.8 Å². The fourth-order valence-electron chi connectivity index (χ4n) is 4.20. The zero-order chi connectivity index (χ0) is 20.4. The van der Waals surface area contributed by atoms with Crippen LogP contribution >= 0.6 is 0 Å². The molecule has 4 rings (SSSR count). The summed E-state index contributed by atoms with van der Waals surface area (Å²) in [4.78, 5) is 26.3. The van der Waals surface area contributed by atoms with Crippen molar-refractivity contribution in [3.8, 4) is 5.75 Å². The summed E-state index contributed by atoms with van der Waals surface area (Å²) in [5.41, 5.74) is 1.79. The Bertz CT molecular complexity index is 894. The molecule has 2 atom stereocenters. The Kier molecular flexibility index (Phi) is 5.62. The summed E-state index contributed by atoms with van der Waals surface area (Å²) in [6.07, 6.45) is 4.09. The standard InChI is InChI=1S/C23H24FNO4/c1-28-21-12-9-16(24)13-15(21)5-4-6-17-10-11-18(29-17)14-25-22(26)19-7-2-3-8-20(19)23(25)27/h2-3,7-9,12-13,17-18H,4-6,10-11,14H2,1H3. The van der Waals surface area contributed by atoms with Crippen LogP contribution in [0.5, 0.6) is 5.75 Å². The Labute approximate surface area is 169 Å². The molecule has 6 heteroatoms. The Balaban J connectivity index is 1.28. The van der Waals surface area contributed by atoms with Crippen LogP contribution in [-0.4, -0.2) is 42.6 Å². The number of benzene rings is 2. The summed E-state index contributed by atoms with van der Waals surface area (Å²) in [5, 5.41) is 0. The summed E-state index contributed by atoms with van der Waals surface area (Å²) in [5.74, 6) is -0.0483. The lowest BCUT2D eigenvalue weighted by Gasteiger charge is -2.19. The van der Waals surface area contributed by atoms with Gasteiger partial charge in [-0.2, -0.15) is 0 Å². The maximum absolute atomic E-state index is 13.5. The normalized spacial score (nSPS) is 21.0. The molecule has 2 aliphatic rings. The largest absolute Gasteiger partial charge is 0.496 e. The maximum atomic E-state index is 13.5. The zero-order valence-electron chi connectivity index (χ0n) is 16.4. The molecule has 2 aliphatic heterocycles. The number of nitrogens with zero attached hydrogens (tertiary/aromatic N) is 1. The molecule has 0 N–H and O–H groups in total. The van der Waals surface area contributed by atoms with Crippen LogP contribution in [0, 0.1) is 5.82 Å². The molecule has 29 heavy (non-hydrogen) atoms. The summed E-state index contributed by atoms with van der Waals surface area (Å²) >= 11 is 0. The smallest absolute Gasteiger partial charge is 0.261 e. The number of hydrogen-bond acceptors (Lipinski definition) is 4. The van der Waals surface area contributed by atoms with Gasteiger partial charge in [-0.05, 0) is 68.0 Å². The van der Waals surface area contributed by atoms with E-state index in [0.717, 1.165) is 31.2 Å². The SMILES string of the molecule is COc1ccc(F)cc1CCCC1CCC(CN2C(=O)c3ccccc3C2=O)O1. The number of aryl methyl sites for hydroxylation is 1. The Morgan fingerprint density at radius 2 is 1.76 bits per heavy atom. The van der Waals surface area contributed by atoms with Gasteiger partial charge in [0, 0.05) is 0 Å². The first-order chi connectivity index (χ1) is 14.1. The van der Waals surface area contributed by atoms with Gasteiger partial charge in [0.25, 0.3) is 11.8 Å². The summed E-state index contributed by atoms with van der Waals surface area (Å²) in [6.45, 7) is 0.292. The number of carbonyl (C=O) groups excluding carboxylic acids is 2. The molecule has 152 valence electrons. The molecule has 0 aromatic heterocycles. The maximum Gasteiger partial charge on any atom is 0.261 e. The summed E-state index contributed by atoms with van der Waals surface area (Å²) < 4.78 is 24.9. The van der Waals surface area contributed by atoms with Crippen molar-refractivity contribution >= 4 is 11.8 Å². The van der Waals surface area contributed by atoms with Crippen LogP contribution in [0.15, 0.2) is 42.5 Å². The highest BCUT2D eigenvalue weighted by molar-refractivity contribution is 6.21. The molecule has 1 saturated heterocycles. The molecule has 2 aromatic rings. The van der Waals surface area contributed by atoms with E-state index >= 15 is 0 Å². The van der Waals surface area contributed by atoms with E-state index in [-0.39, 0.29) is 29.8 Å². The minimum Gasteiger partial charge on any atom is -0.496 e. The van der Waals surface area contributed by atoms with Crippen molar-refractivity contribution in [2.45, 2.75) is 44.3 Å². The number of amides is 2. The average molecular weight is 397 g/mol. The Morgan fingerprint density at radius 3 is 2.45 bits per heavy atom. The second-order valence-electron chi connectivity index (χ2n) is 7.57. The van der Waals surface area contributed by atoms with E-state index in [1.54, 1.807) is 37.4 Å². The number of fused-ring (bicyclic) bond motifs is 1. The third kappa shape index (κ3) is 4.03. The minimum absolute atomic E-state index is 0.0923. The van der Waals surface area contributed by atoms with E-state index in [1.165, 1.54) is 17.0 Å². The van der Waals surface area contributed by atoms with E-state index in [9.17, 15) is 14.0 Å². The predicted octanol–water partition coefficient (Wildman–Crippen LogP) is 4.00. The summed E-state index contributed by atoms with van der Waals surface area (Å²) in [7, 11) is 1.58. The number of halogens is 1. The van der Waals surface area contributed by atoms with E-state index in [2.05, 4.69) is 0 Å². The van der Waals surface area contributed by atoms with Gasteiger partial charge < -0.3 is 9.47 Å². The van der Waals surface area contributed by atoms with Crippen molar-refractivity contribution in [1.82, 2.24) is 4.90 Å². The fourth-order valence-corrected chi connectivity index (χ4v) is 4.20. The van der Waals surface area contributed by atoms with Gasteiger partial charge in [0.15, 0.2) is 0 Å². The van der Waals surface area contributed by atoms with Gasteiger partial charge in [-0.15, -0.1) is 0 Å². The molecule has 2 heterocycles. The average Bonchev–Trinajstić information content (AvgIpc) is 3.27. The zero-order valence-corrected chi connectivity index (χ0v) is 16.4. The topological polar surface area (TPSA) is 55.8 Å². The minimum atomic E-state index is -0.265. The van der Waals surface area contributed by atoms with Crippen LogP contribution < -0.4 is 4.74 Å². The molecule has 2 unspecified atom stereocenters. The van der Waals surface area contributed by atoms with E-state index < -0.39 is 0 Å². The molecule has 0 radical (unpaired) electrons. The second-order valence-corrected chi connectivity index (χ2v) is 7.57. The third-order valence-electron chi connectivity index (χ3n) is 5.67. The fraction of sp³-hybridized carbons (Fsp3) is 0.391. The molecule has 1 fully saturated rings. The van der Waals surface area contributed by atoms with Crippen LogP contribution in [0.1, 0.15) is 52.0 Å². The van der Waals surface area contributed by atoms with Crippen molar-refractivity contribution in [1.29, 1.82) is 0 Å². The molecule has 2 aromatic carbocycles. The predicted molar refractivity (Wildman–Crippen MR) is 106 cm³/mol. The van der Waals surface area contributed by atoms with Crippen LogP contribution in [0.4, 0.5) is 4.39 Å². The monoisotopic (exact) mass is 397 g/mol. The molecular weight excluding hydrogens is 373 g/mol. The van der Waals surface area contributed by atoms with Crippen LogP contribution in [0.25, 0.3) is 0 Å². The number of ether oxygens (including phenoxy) is 2. The van der Waals surface area contributed by atoms with Crippen molar-refractivity contribution in [2.24, 2.45) is 0 Å². The molecule has 5 nitrogen and oxygen atoms in total. The molecular formula is C23H24FNO4. The van der Waals surface area contributed by atoms with Crippen molar-refractivity contribution in [2.75, 3.05) is 13.7 Å². The van der Waals surface area contributed by atoms with Gasteiger partial charge in [-0.1, -0.05) is 12.1 Å². The number of rotatable bonds is 7. The molecule has 0 saturated carbocycles. The van der Waals surface area contributed by atoms with Crippen molar-refractivity contribution in [3.05, 3.63) is 65.0 Å². The van der Waals surface area contributed by atoms with Gasteiger partial charge in [-0.25, -0.2) is 4.39 Å². The number of imide groups is 1. The van der Waals surface area contributed by atoms with Gasteiger partial charge in [-0.3, -0.25) is 14.5 Å². The first-order valence-corrected chi connectivity index (χ1v) is 10.00. The van der Waals surface area contributed by atoms with E-state index in [1.807, 2.05) is 0 Å². The number of methoxy groups -OCH3 is 1. The Hall–Kier alpha value is -2.73. The van der Waals surface area contributed by atoms with Gasteiger partial charge in [0.2, 0.25) is 0 Å². The second kappa shape index (κ2) is 8.33. The van der Waals surface area contributed by atoms with Crippen LogP contribution in [0.3, 0.4) is 0 Å². The lowest BCUT2D eigenvalue weighted by atomic mass is 10.0. The molecule has 0 spiro atoms. The lowest BCUT2D eigenvalue weighted by molar-refractivity contribution is 0.0188.